The summed E-state index contributed by atoms with van der Waals surface area (Å²) >= 11 is 0. The van der Waals surface area contributed by atoms with Crippen molar-refractivity contribution in [2.24, 2.45) is 5.92 Å². The van der Waals surface area contributed by atoms with Crippen molar-refractivity contribution in [3.8, 4) is 0 Å². The molecule has 0 aliphatic rings. The van der Waals surface area contributed by atoms with Crippen molar-refractivity contribution in [2.45, 2.75) is 65.7 Å². The Morgan fingerprint density at radius 2 is 1.61 bits per heavy atom. The zero-order valence-electron chi connectivity index (χ0n) is 15.2. The molecule has 5 heteroatoms. The Kier molecular flexibility index (Phi) is 15.3. The van der Waals surface area contributed by atoms with Crippen LogP contribution in [0.5, 0.6) is 0 Å². The number of Topliss-reactive ketones (excluding diaryl/α,β-unsaturated/α-hetero) is 1. The maximum Gasteiger partial charge on any atom is 0.220 e. The van der Waals surface area contributed by atoms with Crippen LogP contribution in [0, 0.1) is 5.92 Å². The molecule has 0 aromatic rings. The number of rotatable bonds is 16. The highest BCUT2D eigenvalue weighted by Gasteiger charge is 2.03. The van der Waals surface area contributed by atoms with Crippen LogP contribution in [0.1, 0.15) is 67.1 Å². The lowest BCUT2D eigenvalue weighted by Gasteiger charge is -2.08. The van der Waals surface area contributed by atoms with Crippen molar-refractivity contribution in [3.63, 3.8) is 0 Å². The summed E-state index contributed by atoms with van der Waals surface area (Å²) in [6.07, 6.45) is 5.01. The highest BCUT2D eigenvalue weighted by Crippen LogP contribution is 1.99. The molecule has 0 bridgehead atoms. The van der Waals surface area contributed by atoms with Crippen LogP contribution in [-0.2, 0) is 19.1 Å². The monoisotopic (exact) mass is 331 g/mol. The summed E-state index contributed by atoms with van der Waals surface area (Å²) in [7, 11) is 0. The van der Waals surface area contributed by atoms with Crippen LogP contribution in [0.3, 0.4) is 0 Å². The van der Waals surface area contributed by atoms with E-state index in [0.29, 0.717) is 44.8 Å². The summed E-state index contributed by atoms with van der Waals surface area (Å²) in [6, 6.07) is 0. The van der Waals surface area contributed by atoms with Crippen molar-refractivity contribution in [1.29, 1.82) is 0 Å². The second kappa shape index (κ2) is 15.9. The minimum absolute atomic E-state index is 0. The van der Waals surface area contributed by atoms with Gasteiger partial charge >= 0.3 is 0 Å². The summed E-state index contributed by atoms with van der Waals surface area (Å²) in [5, 5.41) is 2.85. The average Bonchev–Trinajstić information content (AvgIpc) is 2.52. The van der Waals surface area contributed by atoms with Crippen LogP contribution in [0.2, 0.25) is 0 Å². The van der Waals surface area contributed by atoms with Gasteiger partial charge in [0.2, 0.25) is 5.91 Å². The van der Waals surface area contributed by atoms with Gasteiger partial charge in [0.15, 0.2) is 0 Å². The average molecular weight is 331 g/mol. The van der Waals surface area contributed by atoms with Crippen molar-refractivity contribution in [3.05, 3.63) is 0 Å². The molecule has 0 saturated carbocycles. The molecule has 0 rings (SSSR count). The molecule has 0 aromatic carbocycles. The van der Waals surface area contributed by atoms with Crippen molar-refractivity contribution in [2.75, 3.05) is 33.0 Å². The second-order valence-electron chi connectivity index (χ2n) is 6.24. The lowest BCUT2D eigenvalue weighted by molar-refractivity contribution is -0.121. The number of unbranched alkanes of at least 4 members (excludes halogenated alkanes) is 1. The molecule has 0 heterocycles. The topological polar surface area (TPSA) is 64.6 Å². The third-order valence-electron chi connectivity index (χ3n) is 3.32. The van der Waals surface area contributed by atoms with Crippen LogP contribution < -0.4 is 5.32 Å². The molecule has 0 atom stereocenters. The van der Waals surface area contributed by atoms with Crippen molar-refractivity contribution < 1.29 is 20.5 Å². The third-order valence-corrected chi connectivity index (χ3v) is 3.32. The number of amides is 1. The number of hydrogen-bond donors (Lipinski definition) is 1. The van der Waals surface area contributed by atoms with E-state index in [1.807, 2.05) is 6.92 Å². The van der Waals surface area contributed by atoms with Crippen LogP contribution in [0.25, 0.3) is 0 Å². The first-order chi connectivity index (χ1) is 11.1. The first-order valence-corrected chi connectivity index (χ1v) is 9.00. The summed E-state index contributed by atoms with van der Waals surface area (Å²) in [5.41, 5.74) is 0. The van der Waals surface area contributed by atoms with E-state index < -0.39 is 0 Å². The molecular weight excluding hydrogens is 294 g/mol. The summed E-state index contributed by atoms with van der Waals surface area (Å²) in [5.74, 6) is 0.839. The molecule has 0 aliphatic carbocycles. The Hall–Kier alpha value is -0.940. The zero-order valence-corrected chi connectivity index (χ0v) is 15.2. The molecule has 23 heavy (non-hydrogen) atoms. The van der Waals surface area contributed by atoms with E-state index in [1.165, 1.54) is 0 Å². The summed E-state index contributed by atoms with van der Waals surface area (Å²) in [4.78, 5) is 22.6. The summed E-state index contributed by atoms with van der Waals surface area (Å²) < 4.78 is 11.0. The van der Waals surface area contributed by atoms with E-state index in [2.05, 4.69) is 19.2 Å². The van der Waals surface area contributed by atoms with Gasteiger partial charge < -0.3 is 14.8 Å². The molecule has 0 fully saturated rings. The quantitative estimate of drug-likeness (QED) is 0.441. The van der Waals surface area contributed by atoms with Crippen molar-refractivity contribution >= 4 is 11.7 Å². The minimum Gasteiger partial charge on any atom is -0.381 e. The highest BCUT2D eigenvalue weighted by atomic mass is 16.5. The minimum atomic E-state index is 0. The van der Waals surface area contributed by atoms with E-state index in [9.17, 15) is 9.59 Å². The van der Waals surface area contributed by atoms with Crippen molar-refractivity contribution in [1.82, 2.24) is 5.32 Å². The SMILES string of the molecule is CCC(=O)CCCC(=O)NCCCOCCCCOCC(C)C.[HH]. The van der Waals surface area contributed by atoms with Gasteiger partial charge in [0.1, 0.15) is 5.78 Å². The van der Waals surface area contributed by atoms with Gasteiger partial charge in [-0.2, -0.15) is 0 Å². The fourth-order valence-electron chi connectivity index (χ4n) is 1.94. The highest BCUT2D eigenvalue weighted by molar-refractivity contribution is 5.79. The third kappa shape index (κ3) is 17.2. The first-order valence-electron chi connectivity index (χ1n) is 9.00. The largest absolute Gasteiger partial charge is 0.381 e. The van der Waals surface area contributed by atoms with Crippen LogP contribution in [0.4, 0.5) is 0 Å². The molecule has 0 aliphatic heterocycles. The lowest BCUT2D eigenvalue weighted by Crippen LogP contribution is -2.25. The molecule has 138 valence electrons. The fraction of sp³-hybridized carbons (Fsp3) is 0.889. The van der Waals surface area contributed by atoms with E-state index in [-0.39, 0.29) is 13.1 Å². The second-order valence-corrected chi connectivity index (χ2v) is 6.24. The molecule has 0 aromatic heterocycles. The van der Waals surface area contributed by atoms with Gasteiger partial charge in [0, 0.05) is 53.7 Å². The first kappa shape index (κ1) is 22.1. The van der Waals surface area contributed by atoms with E-state index in [1.54, 1.807) is 0 Å². The van der Waals surface area contributed by atoms with Gasteiger partial charge in [0.25, 0.3) is 0 Å². The van der Waals surface area contributed by atoms with Gasteiger partial charge in [0.05, 0.1) is 0 Å². The van der Waals surface area contributed by atoms with E-state index in [0.717, 1.165) is 39.1 Å². The molecule has 0 unspecified atom stereocenters. The van der Waals surface area contributed by atoms with Gasteiger partial charge in [-0.3, -0.25) is 9.59 Å². The Morgan fingerprint density at radius 3 is 2.26 bits per heavy atom. The number of carbonyl (C=O) groups excluding carboxylic acids is 2. The predicted molar refractivity (Wildman–Crippen MR) is 94.6 cm³/mol. The normalized spacial score (nSPS) is 11.0. The summed E-state index contributed by atoms with van der Waals surface area (Å²) in [6.45, 7) is 9.82. The Bertz CT molecular complexity index is 311. The smallest absolute Gasteiger partial charge is 0.220 e. The number of carbonyl (C=O) groups is 2. The zero-order chi connectivity index (χ0) is 17.3. The molecule has 5 nitrogen and oxygen atoms in total. The Balaban J connectivity index is 0. The van der Waals surface area contributed by atoms with E-state index in [4.69, 9.17) is 9.47 Å². The predicted octanol–water partition coefficient (Wildman–Crippen LogP) is 3.36. The number of nitrogens with one attached hydrogen (secondary N) is 1. The standard InChI is InChI=1S/C18H35NO4.H2/c1-4-17(20)9-7-10-18(21)19-11-8-14-22-12-5-6-13-23-15-16(2)3;/h16H,4-15H2,1-3H3,(H,19,21);1H. The number of ether oxygens (including phenoxy) is 2. The maximum absolute atomic E-state index is 11.5. The van der Waals surface area contributed by atoms with Crippen LogP contribution >= 0.6 is 0 Å². The molecule has 0 saturated heterocycles. The van der Waals surface area contributed by atoms with Crippen LogP contribution in [-0.4, -0.2) is 44.7 Å². The molecule has 0 radical (unpaired) electrons. The number of hydrogen-bond acceptors (Lipinski definition) is 4. The van der Waals surface area contributed by atoms with Crippen LogP contribution in [0.15, 0.2) is 0 Å². The Morgan fingerprint density at radius 1 is 0.957 bits per heavy atom. The van der Waals surface area contributed by atoms with E-state index >= 15 is 0 Å². The molecule has 1 amide bonds. The van der Waals surface area contributed by atoms with Gasteiger partial charge in [-0.05, 0) is 31.6 Å². The molecule has 1 N–H and O–H groups in total. The lowest BCUT2D eigenvalue weighted by atomic mass is 10.1. The van der Waals surface area contributed by atoms with Gasteiger partial charge in [-0.1, -0.05) is 20.8 Å². The number of ketones is 1. The van der Waals surface area contributed by atoms with Gasteiger partial charge in [-0.15, -0.1) is 0 Å². The van der Waals surface area contributed by atoms with Gasteiger partial charge in [-0.25, -0.2) is 0 Å². The fourth-order valence-corrected chi connectivity index (χ4v) is 1.94. The maximum atomic E-state index is 11.5. The molecule has 0 spiro atoms. The molecular formula is C18H37NO4. The Labute approximate surface area is 143 Å².